The van der Waals surface area contributed by atoms with E-state index in [0.717, 1.165) is 5.56 Å². The maximum absolute atomic E-state index is 13.3. The molecule has 0 radical (unpaired) electrons. The minimum atomic E-state index is -4.07. The highest BCUT2D eigenvalue weighted by molar-refractivity contribution is 7.86. The van der Waals surface area contributed by atoms with E-state index in [4.69, 9.17) is 8.92 Å². The van der Waals surface area contributed by atoms with Crippen LogP contribution in [0.3, 0.4) is 0 Å². The zero-order valence-electron chi connectivity index (χ0n) is 17.5. The Hall–Kier alpha value is -3.16. The first kappa shape index (κ1) is 22.5. The van der Waals surface area contributed by atoms with Crippen LogP contribution in [-0.2, 0) is 14.3 Å². The summed E-state index contributed by atoms with van der Waals surface area (Å²) in [7, 11) is -2.64. The molecule has 0 aliphatic heterocycles. The summed E-state index contributed by atoms with van der Waals surface area (Å²) in [5.41, 5.74) is 2.22. The Morgan fingerprint density at radius 1 is 0.968 bits per heavy atom. The van der Waals surface area contributed by atoms with Crippen LogP contribution in [0.15, 0.2) is 71.6 Å². The molecule has 0 fully saturated rings. The number of rotatable bonds is 8. The minimum absolute atomic E-state index is 0.0123. The molecule has 1 unspecified atom stereocenters. The third-order valence-corrected chi connectivity index (χ3v) is 6.40. The van der Waals surface area contributed by atoms with Crippen LogP contribution in [0.1, 0.15) is 33.0 Å². The molecule has 6 nitrogen and oxygen atoms in total. The van der Waals surface area contributed by atoms with E-state index in [1.54, 1.807) is 55.5 Å². The zero-order chi connectivity index (χ0) is 22.6. The smallest absolute Gasteiger partial charge is 0.297 e. The fourth-order valence-corrected chi connectivity index (χ4v) is 4.19. The van der Waals surface area contributed by atoms with Crippen molar-refractivity contribution in [2.75, 3.05) is 13.7 Å². The van der Waals surface area contributed by atoms with Crippen molar-refractivity contribution in [3.63, 3.8) is 0 Å². The van der Waals surface area contributed by atoms with Gasteiger partial charge in [0.25, 0.3) is 10.1 Å². The van der Waals surface area contributed by atoms with E-state index >= 15 is 0 Å². The van der Waals surface area contributed by atoms with Gasteiger partial charge < -0.3 is 9.84 Å². The van der Waals surface area contributed by atoms with E-state index in [-0.39, 0.29) is 22.2 Å². The number of Topliss-reactive ketones (excluding diaryl/α,β-unsaturated/α-hetero) is 1. The van der Waals surface area contributed by atoms with Gasteiger partial charge in [-0.25, -0.2) is 0 Å². The summed E-state index contributed by atoms with van der Waals surface area (Å²) in [5.74, 6) is -1.10. The van der Waals surface area contributed by atoms with Gasteiger partial charge in [0.05, 0.1) is 24.5 Å². The van der Waals surface area contributed by atoms with Crippen molar-refractivity contribution in [2.45, 2.75) is 24.7 Å². The number of aromatic hydroxyl groups is 1. The summed E-state index contributed by atoms with van der Waals surface area (Å²) in [6.45, 7) is 3.09. The Morgan fingerprint density at radius 3 is 2.23 bits per heavy atom. The van der Waals surface area contributed by atoms with Crippen LogP contribution in [0.25, 0.3) is 0 Å². The number of phenols is 1. The summed E-state index contributed by atoms with van der Waals surface area (Å²) >= 11 is 0. The van der Waals surface area contributed by atoms with Crippen molar-refractivity contribution >= 4 is 15.9 Å². The summed E-state index contributed by atoms with van der Waals surface area (Å²) in [6.07, 6.45) is 0. The van der Waals surface area contributed by atoms with Crippen molar-refractivity contribution in [1.82, 2.24) is 0 Å². The van der Waals surface area contributed by atoms with Crippen molar-refractivity contribution in [3.8, 4) is 11.5 Å². The van der Waals surface area contributed by atoms with Crippen LogP contribution in [0.4, 0.5) is 0 Å². The first-order valence-electron chi connectivity index (χ1n) is 9.66. The van der Waals surface area contributed by atoms with Crippen LogP contribution in [0, 0.1) is 13.8 Å². The molecule has 0 aromatic heterocycles. The highest BCUT2D eigenvalue weighted by atomic mass is 32.2. The SMILES string of the molecule is COc1ccc(C(COS(=O)(=O)c2ccc(C)cc2)C(=O)c2ccccc2)c(C)c1O. The number of ketones is 1. The minimum Gasteiger partial charge on any atom is -0.504 e. The summed E-state index contributed by atoms with van der Waals surface area (Å²) in [5, 5.41) is 10.4. The van der Waals surface area contributed by atoms with E-state index in [1.165, 1.54) is 25.3 Å². The fraction of sp³-hybridized carbons (Fsp3) is 0.208. The number of aryl methyl sites for hydroxylation is 1. The Balaban J connectivity index is 1.98. The van der Waals surface area contributed by atoms with Gasteiger partial charge in [0.2, 0.25) is 0 Å². The second-order valence-electron chi connectivity index (χ2n) is 7.17. The molecule has 0 aliphatic rings. The average molecular weight is 441 g/mol. The highest BCUT2D eigenvalue weighted by Crippen LogP contribution is 2.36. The molecular formula is C24H24O6S. The van der Waals surface area contributed by atoms with Crippen LogP contribution in [0.2, 0.25) is 0 Å². The van der Waals surface area contributed by atoms with E-state index in [9.17, 15) is 18.3 Å². The Labute approximate surface area is 182 Å². The molecule has 3 rings (SSSR count). The molecule has 0 spiro atoms. The quantitative estimate of drug-likeness (QED) is 0.413. The van der Waals surface area contributed by atoms with E-state index in [0.29, 0.717) is 16.7 Å². The van der Waals surface area contributed by atoms with Crippen LogP contribution in [0.5, 0.6) is 11.5 Å². The lowest BCUT2D eigenvalue weighted by Crippen LogP contribution is -2.22. The summed E-state index contributed by atoms with van der Waals surface area (Å²) < 4.78 is 35.8. The maximum atomic E-state index is 13.3. The fourth-order valence-electron chi connectivity index (χ4n) is 3.27. The van der Waals surface area contributed by atoms with Crippen molar-refractivity contribution in [2.24, 2.45) is 0 Å². The predicted molar refractivity (Wildman–Crippen MR) is 117 cm³/mol. The molecule has 1 N–H and O–H groups in total. The third kappa shape index (κ3) is 4.95. The molecule has 162 valence electrons. The first-order valence-corrected chi connectivity index (χ1v) is 11.1. The largest absolute Gasteiger partial charge is 0.504 e. The number of phenolic OH excluding ortho intramolecular Hbond substituents is 1. The Morgan fingerprint density at radius 2 is 1.61 bits per heavy atom. The highest BCUT2D eigenvalue weighted by Gasteiger charge is 2.28. The van der Waals surface area contributed by atoms with Gasteiger partial charge in [-0.3, -0.25) is 8.98 Å². The lowest BCUT2D eigenvalue weighted by molar-refractivity contribution is 0.0932. The van der Waals surface area contributed by atoms with Gasteiger partial charge in [0, 0.05) is 5.56 Å². The molecule has 0 bridgehead atoms. The molecule has 0 aliphatic carbocycles. The summed E-state index contributed by atoms with van der Waals surface area (Å²) in [6, 6.07) is 18.0. The number of hydrogen-bond acceptors (Lipinski definition) is 6. The van der Waals surface area contributed by atoms with Gasteiger partial charge in [0.1, 0.15) is 0 Å². The second-order valence-corrected chi connectivity index (χ2v) is 8.78. The second kappa shape index (κ2) is 9.32. The number of benzene rings is 3. The van der Waals surface area contributed by atoms with Gasteiger partial charge in [0.15, 0.2) is 17.3 Å². The Kier molecular flexibility index (Phi) is 6.77. The molecule has 0 saturated heterocycles. The van der Waals surface area contributed by atoms with E-state index in [1.807, 2.05) is 6.92 Å². The lowest BCUT2D eigenvalue weighted by Gasteiger charge is -2.20. The summed E-state index contributed by atoms with van der Waals surface area (Å²) in [4.78, 5) is 13.3. The van der Waals surface area contributed by atoms with Crippen molar-refractivity contribution in [1.29, 1.82) is 0 Å². The lowest BCUT2D eigenvalue weighted by atomic mass is 9.88. The van der Waals surface area contributed by atoms with E-state index in [2.05, 4.69) is 0 Å². The van der Waals surface area contributed by atoms with Crippen molar-refractivity contribution in [3.05, 3.63) is 89.0 Å². The van der Waals surface area contributed by atoms with Gasteiger partial charge in [-0.05, 0) is 43.2 Å². The Bertz CT molecular complexity index is 1170. The molecular weight excluding hydrogens is 416 g/mol. The third-order valence-electron chi connectivity index (χ3n) is 5.11. The molecule has 3 aromatic rings. The topological polar surface area (TPSA) is 89.9 Å². The normalized spacial score (nSPS) is 12.4. The van der Waals surface area contributed by atoms with Gasteiger partial charge in [-0.1, -0.05) is 54.1 Å². The average Bonchev–Trinajstić information content (AvgIpc) is 2.77. The molecule has 0 amide bonds. The van der Waals surface area contributed by atoms with Crippen LogP contribution >= 0.6 is 0 Å². The molecule has 31 heavy (non-hydrogen) atoms. The first-order chi connectivity index (χ1) is 14.7. The predicted octanol–water partition coefficient (Wildman–Crippen LogP) is 4.39. The molecule has 0 saturated carbocycles. The molecule has 7 heteroatoms. The van der Waals surface area contributed by atoms with Gasteiger partial charge in [-0.2, -0.15) is 8.42 Å². The number of carbonyl (C=O) groups is 1. The maximum Gasteiger partial charge on any atom is 0.297 e. The molecule has 1 atom stereocenters. The van der Waals surface area contributed by atoms with Crippen LogP contribution < -0.4 is 4.74 Å². The van der Waals surface area contributed by atoms with E-state index < -0.39 is 22.6 Å². The van der Waals surface area contributed by atoms with Crippen LogP contribution in [-0.4, -0.2) is 33.0 Å². The van der Waals surface area contributed by atoms with Gasteiger partial charge in [-0.15, -0.1) is 0 Å². The monoisotopic (exact) mass is 440 g/mol. The number of carbonyl (C=O) groups excluding carboxylic acids is 1. The van der Waals surface area contributed by atoms with Gasteiger partial charge >= 0.3 is 0 Å². The number of ether oxygens (including phenoxy) is 1. The zero-order valence-corrected chi connectivity index (χ0v) is 18.3. The standard InChI is InChI=1S/C24H24O6S/c1-16-9-11-19(12-10-16)31(27,28)30-15-21(24(26)18-7-5-4-6-8-18)20-13-14-22(29-3)23(25)17(20)2/h4-14,21,25H,15H2,1-3H3. The molecule has 3 aromatic carbocycles. The number of methoxy groups -OCH3 is 1. The van der Waals surface area contributed by atoms with Crippen molar-refractivity contribution < 1.29 is 27.2 Å². The molecule has 0 heterocycles. The number of hydrogen-bond donors (Lipinski definition) is 1.